The lowest BCUT2D eigenvalue weighted by atomic mass is 9.98. The Morgan fingerprint density at radius 3 is 2.54 bits per heavy atom. The van der Waals surface area contributed by atoms with Gasteiger partial charge in [0.15, 0.2) is 0 Å². The Hall–Kier alpha value is -0.0500. The third kappa shape index (κ3) is 7.05. The number of alkyl halides is 1. The lowest BCUT2D eigenvalue weighted by Crippen LogP contribution is -2.09. The first-order chi connectivity index (χ1) is 6.07. The number of carboxylic acids is 1. The minimum Gasteiger partial charge on any atom is -0.481 e. The normalized spacial score (nSPS) is 15.3. The van der Waals surface area contributed by atoms with Gasteiger partial charge in [-0.2, -0.15) is 0 Å². The van der Waals surface area contributed by atoms with Crippen molar-refractivity contribution in [2.24, 2.45) is 5.92 Å². The molecule has 13 heavy (non-hydrogen) atoms. The highest BCUT2D eigenvalue weighted by molar-refractivity contribution is 9.09. The van der Waals surface area contributed by atoms with Crippen LogP contribution < -0.4 is 0 Å². The molecule has 0 aliphatic heterocycles. The standard InChI is InChI=1S/C10H19BrO2/c1-3-9(11)8(2)6-4-5-7-10(12)13/h8-9H,3-7H2,1-2H3,(H,12,13)/t8-,9+/m0/s1. The van der Waals surface area contributed by atoms with E-state index < -0.39 is 5.97 Å². The van der Waals surface area contributed by atoms with Crippen LogP contribution in [0, 0.1) is 5.92 Å². The zero-order valence-corrected chi connectivity index (χ0v) is 10.0. The van der Waals surface area contributed by atoms with Crippen molar-refractivity contribution in [3.63, 3.8) is 0 Å². The molecule has 0 saturated carbocycles. The molecule has 0 unspecified atom stereocenters. The van der Waals surface area contributed by atoms with Crippen molar-refractivity contribution in [2.75, 3.05) is 0 Å². The van der Waals surface area contributed by atoms with Crippen LogP contribution in [-0.2, 0) is 4.79 Å². The SMILES string of the molecule is CC[C@@H](Br)[C@@H](C)CCCCC(=O)O. The molecule has 0 bridgehead atoms. The van der Waals surface area contributed by atoms with Gasteiger partial charge in [-0.1, -0.05) is 36.2 Å². The molecule has 0 saturated heterocycles. The number of rotatable bonds is 7. The highest BCUT2D eigenvalue weighted by Crippen LogP contribution is 2.21. The van der Waals surface area contributed by atoms with Crippen molar-refractivity contribution in [1.82, 2.24) is 0 Å². The highest BCUT2D eigenvalue weighted by atomic mass is 79.9. The Morgan fingerprint density at radius 2 is 2.08 bits per heavy atom. The van der Waals surface area contributed by atoms with E-state index in [4.69, 9.17) is 5.11 Å². The van der Waals surface area contributed by atoms with Gasteiger partial charge in [-0.15, -0.1) is 0 Å². The molecular formula is C10H19BrO2. The van der Waals surface area contributed by atoms with Gasteiger partial charge >= 0.3 is 5.97 Å². The fourth-order valence-electron chi connectivity index (χ4n) is 1.33. The van der Waals surface area contributed by atoms with E-state index >= 15 is 0 Å². The average Bonchev–Trinajstić information content (AvgIpc) is 2.10. The van der Waals surface area contributed by atoms with E-state index in [0.717, 1.165) is 25.7 Å². The second kappa shape index (κ2) is 7.36. The van der Waals surface area contributed by atoms with Gasteiger partial charge in [-0.05, 0) is 25.2 Å². The van der Waals surface area contributed by atoms with Crippen LogP contribution in [0.3, 0.4) is 0 Å². The first-order valence-corrected chi connectivity index (χ1v) is 5.85. The van der Waals surface area contributed by atoms with Gasteiger partial charge in [-0.3, -0.25) is 4.79 Å². The molecule has 0 aromatic carbocycles. The molecule has 0 aliphatic carbocycles. The number of halogens is 1. The Balaban J connectivity index is 3.36. The quantitative estimate of drug-likeness (QED) is 0.556. The van der Waals surface area contributed by atoms with E-state index in [-0.39, 0.29) is 0 Å². The molecule has 3 heteroatoms. The lowest BCUT2D eigenvalue weighted by Gasteiger charge is -2.15. The Morgan fingerprint density at radius 1 is 1.46 bits per heavy atom. The molecule has 0 aromatic rings. The highest BCUT2D eigenvalue weighted by Gasteiger charge is 2.11. The average molecular weight is 251 g/mol. The maximum Gasteiger partial charge on any atom is 0.303 e. The molecule has 2 nitrogen and oxygen atoms in total. The molecular weight excluding hydrogens is 232 g/mol. The minimum absolute atomic E-state index is 0.311. The molecule has 2 atom stereocenters. The monoisotopic (exact) mass is 250 g/mol. The molecule has 0 spiro atoms. The molecule has 0 heterocycles. The van der Waals surface area contributed by atoms with Crippen molar-refractivity contribution < 1.29 is 9.90 Å². The summed E-state index contributed by atoms with van der Waals surface area (Å²) in [6.07, 6.45) is 4.40. The third-order valence-electron chi connectivity index (χ3n) is 2.31. The predicted molar refractivity (Wildman–Crippen MR) is 58.3 cm³/mol. The Labute approximate surface area is 88.8 Å². The van der Waals surface area contributed by atoms with Gasteiger partial charge in [0.2, 0.25) is 0 Å². The summed E-state index contributed by atoms with van der Waals surface area (Å²) in [5.74, 6) is -0.0302. The summed E-state index contributed by atoms with van der Waals surface area (Å²) in [6, 6.07) is 0. The molecule has 0 aromatic heterocycles. The van der Waals surface area contributed by atoms with Gasteiger partial charge in [0.1, 0.15) is 0 Å². The fourth-order valence-corrected chi connectivity index (χ4v) is 1.59. The molecule has 0 fully saturated rings. The van der Waals surface area contributed by atoms with E-state index in [1.54, 1.807) is 0 Å². The molecule has 78 valence electrons. The van der Waals surface area contributed by atoms with Crippen molar-refractivity contribution >= 4 is 21.9 Å². The lowest BCUT2D eigenvalue weighted by molar-refractivity contribution is -0.137. The van der Waals surface area contributed by atoms with E-state index in [0.29, 0.717) is 17.2 Å². The summed E-state index contributed by atoms with van der Waals surface area (Å²) in [5, 5.41) is 8.42. The van der Waals surface area contributed by atoms with Crippen LogP contribution in [0.2, 0.25) is 0 Å². The summed E-state index contributed by atoms with van der Waals surface area (Å²) in [4.78, 5) is 10.8. The summed E-state index contributed by atoms with van der Waals surface area (Å²) in [7, 11) is 0. The van der Waals surface area contributed by atoms with Crippen molar-refractivity contribution in [1.29, 1.82) is 0 Å². The number of unbranched alkanes of at least 4 members (excludes halogenated alkanes) is 1. The Kier molecular flexibility index (Phi) is 7.33. The van der Waals surface area contributed by atoms with Crippen LogP contribution >= 0.6 is 15.9 Å². The van der Waals surface area contributed by atoms with Crippen LogP contribution in [0.5, 0.6) is 0 Å². The molecule has 0 amide bonds. The van der Waals surface area contributed by atoms with Gasteiger partial charge in [0.05, 0.1) is 0 Å². The Bertz CT molecular complexity index is 148. The van der Waals surface area contributed by atoms with Gasteiger partial charge in [0.25, 0.3) is 0 Å². The van der Waals surface area contributed by atoms with Gasteiger partial charge in [0, 0.05) is 11.2 Å². The van der Waals surface area contributed by atoms with Crippen LogP contribution in [0.15, 0.2) is 0 Å². The van der Waals surface area contributed by atoms with Crippen LogP contribution in [0.1, 0.15) is 46.0 Å². The zero-order chi connectivity index (χ0) is 10.3. The van der Waals surface area contributed by atoms with Crippen molar-refractivity contribution in [2.45, 2.75) is 50.8 Å². The number of carbonyl (C=O) groups is 1. The summed E-state index contributed by atoms with van der Waals surface area (Å²) in [6.45, 7) is 4.37. The minimum atomic E-state index is -0.682. The van der Waals surface area contributed by atoms with E-state index in [9.17, 15) is 4.79 Å². The van der Waals surface area contributed by atoms with Crippen LogP contribution in [0.25, 0.3) is 0 Å². The summed E-state index contributed by atoms with van der Waals surface area (Å²) >= 11 is 3.61. The van der Waals surface area contributed by atoms with Crippen LogP contribution in [0.4, 0.5) is 0 Å². The zero-order valence-electron chi connectivity index (χ0n) is 8.42. The third-order valence-corrected chi connectivity index (χ3v) is 3.86. The second-order valence-corrected chi connectivity index (χ2v) is 4.72. The first-order valence-electron chi connectivity index (χ1n) is 4.93. The van der Waals surface area contributed by atoms with Gasteiger partial charge < -0.3 is 5.11 Å². The van der Waals surface area contributed by atoms with Crippen LogP contribution in [-0.4, -0.2) is 15.9 Å². The molecule has 0 aliphatic rings. The van der Waals surface area contributed by atoms with E-state index in [1.807, 2.05) is 0 Å². The maximum absolute atomic E-state index is 10.2. The molecule has 1 N–H and O–H groups in total. The van der Waals surface area contributed by atoms with Gasteiger partial charge in [-0.25, -0.2) is 0 Å². The molecule has 0 radical (unpaired) electrons. The summed E-state index contributed by atoms with van der Waals surface area (Å²) < 4.78 is 0. The van der Waals surface area contributed by atoms with Crippen molar-refractivity contribution in [3.05, 3.63) is 0 Å². The predicted octanol–water partition coefficient (Wildman–Crippen LogP) is 3.44. The largest absolute Gasteiger partial charge is 0.481 e. The number of aliphatic carboxylic acids is 1. The molecule has 0 rings (SSSR count). The smallest absolute Gasteiger partial charge is 0.303 e. The van der Waals surface area contributed by atoms with E-state index in [2.05, 4.69) is 29.8 Å². The fraction of sp³-hybridized carbons (Fsp3) is 0.900. The number of carboxylic acid groups (broad SMARTS) is 1. The summed E-state index contributed by atoms with van der Waals surface area (Å²) in [5.41, 5.74) is 0. The van der Waals surface area contributed by atoms with Crippen molar-refractivity contribution in [3.8, 4) is 0 Å². The first kappa shape index (κ1) is 12.9. The van der Waals surface area contributed by atoms with E-state index in [1.165, 1.54) is 0 Å². The number of hydrogen-bond acceptors (Lipinski definition) is 1. The topological polar surface area (TPSA) is 37.3 Å². The second-order valence-electron chi connectivity index (χ2n) is 3.54. The maximum atomic E-state index is 10.2. The number of hydrogen-bond donors (Lipinski definition) is 1.